The van der Waals surface area contributed by atoms with Crippen LogP contribution in [0, 0.1) is 0 Å². The Bertz CT molecular complexity index is 823. The number of esters is 1. The second kappa shape index (κ2) is 9.24. The molecule has 3 heterocycles. The minimum Gasteiger partial charge on any atom is -0.453 e. The predicted molar refractivity (Wildman–Crippen MR) is 105 cm³/mol. The summed E-state index contributed by atoms with van der Waals surface area (Å²) in [6.45, 7) is -0.452. The monoisotopic (exact) mass is 430 g/mol. The molecular formula is C15H22N6O5S2. The zero-order chi connectivity index (χ0) is 20.3. The lowest BCUT2D eigenvalue weighted by molar-refractivity contribution is -0.160. The van der Waals surface area contributed by atoms with Gasteiger partial charge in [-0.25, -0.2) is 15.0 Å². The van der Waals surface area contributed by atoms with E-state index in [4.69, 9.17) is 20.9 Å². The molecule has 28 heavy (non-hydrogen) atoms. The number of anilines is 1. The van der Waals surface area contributed by atoms with Crippen molar-refractivity contribution < 1.29 is 24.5 Å². The molecule has 3 rings (SSSR count). The molecule has 1 saturated heterocycles. The first-order valence-electron chi connectivity index (χ1n) is 8.47. The van der Waals surface area contributed by atoms with Gasteiger partial charge in [-0.3, -0.25) is 9.36 Å². The van der Waals surface area contributed by atoms with Gasteiger partial charge in [0.1, 0.15) is 30.1 Å². The van der Waals surface area contributed by atoms with Gasteiger partial charge in [-0.1, -0.05) is 21.6 Å². The van der Waals surface area contributed by atoms with Crippen LogP contribution in [-0.4, -0.2) is 78.7 Å². The summed E-state index contributed by atoms with van der Waals surface area (Å²) in [7, 11) is 3.17. The molecule has 0 aliphatic carbocycles. The molecule has 154 valence electrons. The predicted octanol–water partition coefficient (Wildman–Crippen LogP) is -0.700. The maximum absolute atomic E-state index is 12.4. The van der Waals surface area contributed by atoms with Crippen molar-refractivity contribution in [3.05, 3.63) is 12.7 Å². The van der Waals surface area contributed by atoms with E-state index in [1.807, 2.05) is 6.26 Å². The van der Waals surface area contributed by atoms with Crippen LogP contribution in [-0.2, 0) is 14.3 Å². The summed E-state index contributed by atoms with van der Waals surface area (Å²) in [6.07, 6.45) is 0.798. The molecule has 1 fully saturated rings. The van der Waals surface area contributed by atoms with Gasteiger partial charge in [0, 0.05) is 5.75 Å². The molecule has 0 spiro atoms. The molecular weight excluding hydrogens is 408 g/mol. The SMILES string of the molecule is CSSCC[C@@H](N)C(=O)OC1C(O)C(CO)OC1n1cnc2c(N)ncnc21. The molecule has 0 saturated carbocycles. The van der Waals surface area contributed by atoms with Crippen molar-refractivity contribution in [2.75, 3.05) is 24.3 Å². The number of ether oxygens (including phenoxy) is 2. The van der Waals surface area contributed by atoms with Gasteiger partial charge in [0.05, 0.1) is 12.9 Å². The summed E-state index contributed by atoms with van der Waals surface area (Å²) in [5.41, 5.74) is 12.4. The first kappa shape index (κ1) is 21.1. The van der Waals surface area contributed by atoms with Gasteiger partial charge in [-0.2, -0.15) is 0 Å². The first-order chi connectivity index (χ1) is 13.5. The summed E-state index contributed by atoms with van der Waals surface area (Å²) in [5.74, 6) is 0.214. The van der Waals surface area contributed by atoms with Gasteiger partial charge in [-0.05, 0) is 12.7 Å². The fourth-order valence-corrected chi connectivity index (χ4v) is 4.18. The molecule has 6 N–H and O–H groups in total. The molecule has 0 aromatic carbocycles. The number of hydrogen-bond donors (Lipinski definition) is 4. The molecule has 5 atom stereocenters. The van der Waals surface area contributed by atoms with Crippen LogP contribution in [0.2, 0.25) is 0 Å². The van der Waals surface area contributed by atoms with Crippen LogP contribution in [0.5, 0.6) is 0 Å². The van der Waals surface area contributed by atoms with Crippen molar-refractivity contribution in [3.63, 3.8) is 0 Å². The maximum Gasteiger partial charge on any atom is 0.323 e. The van der Waals surface area contributed by atoms with Crippen LogP contribution in [0.4, 0.5) is 5.82 Å². The topological polar surface area (TPSA) is 172 Å². The number of rotatable bonds is 8. The Morgan fingerprint density at radius 3 is 2.96 bits per heavy atom. The number of carbonyl (C=O) groups is 1. The highest BCUT2D eigenvalue weighted by Gasteiger charge is 2.48. The van der Waals surface area contributed by atoms with Crippen molar-refractivity contribution in [1.29, 1.82) is 0 Å². The van der Waals surface area contributed by atoms with Gasteiger partial charge in [-0.15, -0.1) is 0 Å². The molecule has 2 aromatic heterocycles. The third-order valence-electron chi connectivity index (χ3n) is 4.34. The third-order valence-corrected chi connectivity index (χ3v) is 6.18. The fourth-order valence-electron chi connectivity index (χ4n) is 2.87. The Hall–Kier alpha value is -1.64. The van der Waals surface area contributed by atoms with E-state index in [2.05, 4.69) is 15.0 Å². The average Bonchev–Trinajstić information content (AvgIpc) is 3.24. The average molecular weight is 431 g/mol. The molecule has 0 amide bonds. The van der Waals surface area contributed by atoms with E-state index in [0.717, 1.165) is 0 Å². The maximum atomic E-state index is 12.4. The fraction of sp³-hybridized carbons (Fsp3) is 0.600. The Balaban J connectivity index is 1.82. The highest BCUT2D eigenvalue weighted by molar-refractivity contribution is 8.76. The molecule has 1 aliphatic rings. The minimum absolute atomic E-state index is 0.183. The van der Waals surface area contributed by atoms with Crippen molar-refractivity contribution in [1.82, 2.24) is 19.5 Å². The van der Waals surface area contributed by atoms with E-state index in [-0.39, 0.29) is 5.82 Å². The van der Waals surface area contributed by atoms with Crippen molar-refractivity contribution in [3.8, 4) is 0 Å². The number of aliphatic hydroxyl groups is 2. The zero-order valence-electron chi connectivity index (χ0n) is 15.0. The van der Waals surface area contributed by atoms with E-state index in [0.29, 0.717) is 23.3 Å². The number of carbonyl (C=O) groups excluding carboxylic acids is 1. The Labute approximate surface area is 168 Å². The summed E-state index contributed by atoms with van der Waals surface area (Å²) in [5, 5.41) is 20.0. The molecule has 11 nitrogen and oxygen atoms in total. The van der Waals surface area contributed by atoms with Crippen LogP contribution in [0.25, 0.3) is 11.2 Å². The van der Waals surface area contributed by atoms with Crippen LogP contribution >= 0.6 is 21.6 Å². The van der Waals surface area contributed by atoms with Crippen molar-refractivity contribution >= 4 is 44.5 Å². The Morgan fingerprint density at radius 2 is 2.25 bits per heavy atom. The highest BCUT2D eigenvalue weighted by atomic mass is 33.1. The molecule has 2 aromatic rings. The van der Waals surface area contributed by atoms with E-state index < -0.39 is 43.2 Å². The summed E-state index contributed by atoms with van der Waals surface area (Å²) >= 11 is 0. The van der Waals surface area contributed by atoms with E-state index in [9.17, 15) is 15.0 Å². The molecule has 4 unspecified atom stereocenters. The van der Waals surface area contributed by atoms with Crippen molar-refractivity contribution in [2.45, 2.75) is 37.0 Å². The van der Waals surface area contributed by atoms with Crippen molar-refractivity contribution in [2.24, 2.45) is 5.73 Å². The smallest absolute Gasteiger partial charge is 0.323 e. The van der Waals surface area contributed by atoms with Gasteiger partial charge in [0.15, 0.2) is 23.8 Å². The number of aliphatic hydroxyl groups excluding tert-OH is 2. The lowest BCUT2D eigenvalue weighted by Gasteiger charge is -2.23. The number of nitrogens with two attached hydrogens (primary N) is 2. The molecule has 0 radical (unpaired) electrons. The number of aromatic nitrogens is 4. The van der Waals surface area contributed by atoms with E-state index in [1.165, 1.54) is 17.2 Å². The largest absolute Gasteiger partial charge is 0.453 e. The quantitative estimate of drug-likeness (QED) is 0.236. The van der Waals surface area contributed by atoms with Crippen LogP contribution in [0.3, 0.4) is 0 Å². The Morgan fingerprint density at radius 1 is 1.46 bits per heavy atom. The summed E-state index contributed by atoms with van der Waals surface area (Å²) in [6, 6.07) is -0.835. The van der Waals surface area contributed by atoms with Gasteiger partial charge < -0.3 is 31.2 Å². The van der Waals surface area contributed by atoms with Crippen LogP contribution in [0.15, 0.2) is 12.7 Å². The van der Waals surface area contributed by atoms with E-state index >= 15 is 0 Å². The normalized spacial score (nSPS) is 25.9. The minimum atomic E-state index is -1.25. The molecule has 0 bridgehead atoms. The standard InChI is InChI=1S/C15H22N6O5S2/c1-27-28-3-2-7(16)15(24)26-11-10(23)8(4-22)25-14(11)21-6-20-9-12(17)18-5-19-13(9)21/h5-8,10-11,14,22-23H,2-4,16H2,1H3,(H2,17,18,19)/t7-,8?,10?,11?,14?/m1/s1. The second-order valence-corrected chi connectivity index (χ2v) is 8.79. The highest BCUT2D eigenvalue weighted by Crippen LogP contribution is 2.34. The number of nitrogen functional groups attached to an aromatic ring is 1. The van der Waals surface area contributed by atoms with Gasteiger partial charge in [0.25, 0.3) is 0 Å². The lowest BCUT2D eigenvalue weighted by atomic mass is 10.1. The molecule has 13 heteroatoms. The first-order valence-corrected chi connectivity index (χ1v) is 11.2. The summed E-state index contributed by atoms with van der Waals surface area (Å²) in [4.78, 5) is 24.6. The number of hydrogen-bond acceptors (Lipinski definition) is 12. The second-order valence-electron chi connectivity index (χ2n) is 6.11. The zero-order valence-corrected chi connectivity index (χ0v) is 16.7. The van der Waals surface area contributed by atoms with Gasteiger partial charge in [0.2, 0.25) is 0 Å². The summed E-state index contributed by atoms with van der Waals surface area (Å²) < 4.78 is 12.7. The van der Waals surface area contributed by atoms with Crippen LogP contribution < -0.4 is 11.5 Å². The van der Waals surface area contributed by atoms with Gasteiger partial charge >= 0.3 is 5.97 Å². The number of fused-ring (bicyclic) bond motifs is 1. The number of nitrogens with zero attached hydrogens (tertiary/aromatic N) is 4. The third kappa shape index (κ3) is 4.18. The Kier molecular flexibility index (Phi) is 6.95. The number of imidazole rings is 1. The molecule has 1 aliphatic heterocycles. The van der Waals surface area contributed by atoms with E-state index in [1.54, 1.807) is 21.6 Å². The van der Waals surface area contributed by atoms with Crippen LogP contribution in [0.1, 0.15) is 12.6 Å². The lowest BCUT2D eigenvalue weighted by Crippen LogP contribution is -2.42.